The molecule has 1 aliphatic rings. The molecule has 1 fully saturated rings. The van der Waals surface area contributed by atoms with E-state index in [9.17, 15) is 0 Å². The number of imidazole rings is 1. The van der Waals surface area contributed by atoms with Gasteiger partial charge in [-0.2, -0.15) is 15.4 Å². The Morgan fingerprint density at radius 3 is 2.61 bits per heavy atom. The van der Waals surface area contributed by atoms with E-state index < -0.39 is 0 Å². The molecule has 1 aliphatic heterocycles. The molecule has 1 atom stereocenters. The Hall–Kier alpha value is -3.33. The van der Waals surface area contributed by atoms with Crippen molar-refractivity contribution >= 4 is 17.0 Å². The first-order chi connectivity index (χ1) is 13.8. The summed E-state index contributed by atoms with van der Waals surface area (Å²) in [4.78, 5) is 16.0. The van der Waals surface area contributed by atoms with E-state index in [0.29, 0.717) is 0 Å². The van der Waals surface area contributed by atoms with Gasteiger partial charge in [0.2, 0.25) is 0 Å². The first-order valence-electron chi connectivity index (χ1n) is 9.40. The minimum absolute atomic E-state index is 0.0992. The topological polar surface area (TPSA) is 100 Å². The third kappa shape index (κ3) is 2.89. The number of aromatic nitrogens is 7. The lowest BCUT2D eigenvalue weighted by atomic mass is 10.0. The molecular formula is C19H21N9. The van der Waals surface area contributed by atoms with E-state index >= 15 is 0 Å². The highest BCUT2D eigenvalue weighted by Gasteiger charge is 2.20. The Bertz CT molecular complexity index is 1060. The Kier molecular flexibility index (Phi) is 4.21. The molecule has 9 nitrogen and oxygen atoms in total. The molecule has 1 saturated heterocycles. The fraction of sp³-hybridized carbons (Fsp3) is 0.316. The van der Waals surface area contributed by atoms with Crippen molar-refractivity contribution in [1.29, 1.82) is 0 Å². The van der Waals surface area contributed by atoms with Crippen LogP contribution in [0.2, 0.25) is 0 Å². The number of anilines is 1. The quantitative estimate of drug-likeness (QED) is 0.559. The van der Waals surface area contributed by atoms with E-state index in [1.807, 2.05) is 6.33 Å². The Morgan fingerprint density at radius 1 is 1.04 bits per heavy atom. The smallest absolute Gasteiger partial charge is 0.165 e. The number of benzene rings is 1. The average molecular weight is 375 g/mol. The normalized spacial score (nSPS) is 15.8. The van der Waals surface area contributed by atoms with Crippen LogP contribution in [0.1, 0.15) is 18.5 Å². The van der Waals surface area contributed by atoms with E-state index in [-0.39, 0.29) is 6.04 Å². The molecule has 5 rings (SSSR count). The first kappa shape index (κ1) is 16.8. The molecule has 9 heteroatoms. The number of H-pyrrole nitrogens is 1. The van der Waals surface area contributed by atoms with Crippen LogP contribution >= 0.6 is 0 Å². The molecule has 142 valence electrons. The van der Waals surface area contributed by atoms with E-state index in [1.54, 1.807) is 12.5 Å². The van der Waals surface area contributed by atoms with Gasteiger partial charge in [0, 0.05) is 31.7 Å². The summed E-state index contributed by atoms with van der Waals surface area (Å²) >= 11 is 0. The minimum Gasteiger partial charge on any atom is -0.352 e. The summed E-state index contributed by atoms with van der Waals surface area (Å²) < 4.78 is 2.10. The van der Waals surface area contributed by atoms with Gasteiger partial charge >= 0.3 is 0 Å². The molecule has 1 aromatic carbocycles. The lowest BCUT2D eigenvalue weighted by molar-refractivity contribution is 0.585. The van der Waals surface area contributed by atoms with Crippen LogP contribution in [-0.4, -0.2) is 61.1 Å². The van der Waals surface area contributed by atoms with Gasteiger partial charge in [-0.25, -0.2) is 15.0 Å². The summed E-state index contributed by atoms with van der Waals surface area (Å²) in [6.45, 7) is 5.93. The summed E-state index contributed by atoms with van der Waals surface area (Å²) in [5, 5.41) is 14.0. The summed E-state index contributed by atoms with van der Waals surface area (Å²) in [7, 11) is 0. The van der Waals surface area contributed by atoms with Crippen LogP contribution in [0.5, 0.6) is 0 Å². The molecule has 28 heavy (non-hydrogen) atoms. The number of hydrogen-bond acceptors (Lipinski definition) is 7. The van der Waals surface area contributed by atoms with Crippen LogP contribution < -0.4 is 10.2 Å². The highest BCUT2D eigenvalue weighted by molar-refractivity contribution is 5.83. The van der Waals surface area contributed by atoms with E-state index in [1.165, 1.54) is 5.56 Å². The van der Waals surface area contributed by atoms with Crippen LogP contribution in [0.4, 0.5) is 5.82 Å². The molecular weight excluding hydrogens is 354 g/mol. The van der Waals surface area contributed by atoms with Gasteiger partial charge in [-0.1, -0.05) is 24.3 Å². The van der Waals surface area contributed by atoms with Gasteiger partial charge in [-0.3, -0.25) is 0 Å². The van der Waals surface area contributed by atoms with Gasteiger partial charge in [-0.05, 0) is 12.5 Å². The van der Waals surface area contributed by atoms with Crippen molar-refractivity contribution in [2.75, 3.05) is 31.1 Å². The second-order valence-electron chi connectivity index (χ2n) is 6.91. The van der Waals surface area contributed by atoms with Crippen molar-refractivity contribution in [3.8, 4) is 11.3 Å². The number of nitrogens with zero attached hydrogens (tertiary/aromatic N) is 7. The third-order valence-corrected chi connectivity index (χ3v) is 5.28. The van der Waals surface area contributed by atoms with Crippen molar-refractivity contribution in [3.05, 3.63) is 48.7 Å². The Labute approximate surface area is 161 Å². The summed E-state index contributed by atoms with van der Waals surface area (Å²) in [5.74, 6) is 0.916. The maximum absolute atomic E-state index is 4.65. The lowest BCUT2D eigenvalue weighted by Gasteiger charge is -2.28. The maximum atomic E-state index is 4.65. The zero-order chi connectivity index (χ0) is 18.9. The standard InChI is InChI=1S/C19H21N9/c1-13(14-2-4-15(5-3-14)16-10-24-26-25-16)28-12-23-17-18(21-11-22-19(17)28)27-8-6-20-7-9-27/h2-5,10-13,20H,6-9H2,1H3,(H,24,25,26)/t13-/m1/s1. The van der Waals surface area contributed by atoms with Crippen LogP contribution in [0.3, 0.4) is 0 Å². The fourth-order valence-corrected chi connectivity index (χ4v) is 3.66. The third-order valence-electron chi connectivity index (χ3n) is 5.28. The second-order valence-corrected chi connectivity index (χ2v) is 6.91. The van der Waals surface area contributed by atoms with Crippen LogP contribution in [0.15, 0.2) is 43.1 Å². The second kappa shape index (κ2) is 7.01. The summed E-state index contributed by atoms with van der Waals surface area (Å²) in [6.07, 6.45) is 5.22. The number of aromatic amines is 1. The van der Waals surface area contributed by atoms with E-state index in [2.05, 4.69) is 76.3 Å². The first-order valence-corrected chi connectivity index (χ1v) is 9.40. The predicted octanol–water partition coefficient (Wildman–Crippen LogP) is 1.63. The molecule has 0 unspecified atom stereocenters. The fourth-order valence-electron chi connectivity index (χ4n) is 3.66. The van der Waals surface area contributed by atoms with E-state index in [0.717, 1.165) is 54.4 Å². The molecule has 4 aromatic rings. The van der Waals surface area contributed by atoms with Crippen LogP contribution in [0, 0.1) is 0 Å². The number of rotatable bonds is 4. The molecule has 0 bridgehead atoms. The molecule has 4 heterocycles. The van der Waals surface area contributed by atoms with Crippen molar-refractivity contribution < 1.29 is 0 Å². The largest absolute Gasteiger partial charge is 0.352 e. The molecule has 0 radical (unpaired) electrons. The number of fused-ring (bicyclic) bond motifs is 1. The van der Waals surface area contributed by atoms with Gasteiger partial charge in [0.15, 0.2) is 17.0 Å². The molecule has 0 spiro atoms. The van der Waals surface area contributed by atoms with Gasteiger partial charge in [0.25, 0.3) is 0 Å². The number of nitrogens with one attached hydrogen (secondary N) is 2. The number of piperazine rings is 1. The SMILES string of the molecule is C[C@H](c1ccc(-c2cn[nH]n2)cc1)n1cnc2c(N3CCNCC3)ncnc21. The summed E-state index contributed by atoms with van der Waals surface area (Å²) in [6, 6.07) is 8.44. The highest BCUT2D eigenvalue weighted by Crippen LogP contribution is 2.27. The molecule has 3 aromatic heterocycles. The monoisotopic (exact) mass is 375 g/mol. The average Bonchev–Trinajstić information content (AvgIpc) is 3.44. The molecule has 0 amide bonds. The van der Waals surface area contributed by atoms with Crippen molar-refractivity contribution in [2.45, 2.75) is 13.0 Å². The molecule has 0 aliphatic carbocycles. The van der Waals surface area contributed by atoms with Crippen molar-refractivity contribution in [2.24, 2.45) is 0 Å². The minimum atomic E-state index is 0.0992. The zero-order valence-corrected chi connectivity index (χ0v) is 15.6. The molecule has 0 saturated carbocycles. The summed E-state index contributed by atoms with van der Waals surface area (Å²) in [5.41, 5.74) is 4.75. The maximum Gasteiger partial charge on any atom is 0.165 e. The zero-order valence-electron chi connectivity index (χ0n) is 15.6. The van der Waals surface area contributed by atoms with Gasteiger partial charge in [0.05, 0.1) is 18.6 Å². The molecule has 2 N–H and O–H groups in total. The van der Waals surface area contributed by atoms with Crippen LogP contribution in [-0.2, 0) is 0 Å². The highest BCUT2D eigenvalue weighted by atomic mass is 15.3. The Morgan fingerprint density at radius 2 is 1.86 bits per heavy atom. The van der Waals surface area contributed by atoms with Crippen LogP contribution in [0.25, 0.3) is 22.4 Å². The van der Waals surface area contributed by atoms with Gasteiger partial charge in [0.1, 0.15) is 12.0 Å². The van der Waals surface area contributed by atoms with Gasteiger partial charge < -0.3 is 14.8 Å². The number of hydrogen-bond donors (Lipinski definition) is 2. The lowest BCUT2D eigenvalue weighted by Crippen LogP contribution is -2.44. The predicted molar refractivity (Wildman–Crippen MR) is 106 cm³/mol. The van der Waals surface area contributed by atoms with E-state index in [4.69, 9.17) is 0 Å². The Balaban J connectivity index is 1.47. The van der Waals surface area contributed by atoms with Gasteiger partial charge in [-0.15, -0.1) is 0 Å². The van der Waals surface area contributed by atoms with Crippen molar-refractivity contribution in [1.82, 2.24) is 40.2 Å². The van der Waals surface area contributed by atoms with Crippen molar-refractivity contribution in [3.63, 3.8) is 0 Å².